The molecule has 2 rings (SSSR count). The quantitative estimate of drug-likeness (QED) is 0.812. The van der Waals surface area contributed by atoms with Crippen LogP contribution in [-0.4, -0.2) is 74.7 Å². The van der Waals surface area contributed by atoms with E-state index >= 15 is 0 Å². The highest BCUT2D eigenvalue weighted by Crippen LogP contribution is 2.21. The summed E-state index contributed by atoms with van der Waals surface area (Å²) >= 11 is 0. The molecule has 1 N–H and O–H groups in total. The van der Waals surface area contributed by atoms with Crippen molar-refractivity contribution in [3.63, 3.8) is 0 Å². The Morgan fingerprint density at radius 3 is 2.60 bits per heavy atom. The number of likely N-dealkylation sites (tertiary alicyclic amines) is 1. The van der Waals surface area contributed by atoms with Crippen LogP contribution in [0, 0.1) is 11.8 Å². The molecular formula is C15H29N3O2. The molecule has 2 saturated heterocycles. The molecule has 5 nitrogen and oxygen atoms in total. The van der Waals surface area contributed by atoms with Crippen LogP contribution in [0.3, 0.4) is 0 Å². The van der Waals surface area contributed by atoms with E-state index in [9.17, 15) is 4.79 Å². The number of nitrogens with zero attached hydrogens (tertiary/aromatic N) is 2. The van der Waals surface area contributed by atoms with Crippen molar-refractivity contribution >= 4 is 5.91 Å². The third kappa shape index (κ3) is 4.43. The fraction of sp³-hybridized carbons (Fsp3) is 0.933. The first-order valence-electron chi connectivity index (χ1n) is 7.84. The number of ether oxygens (including phenoxy) is 1. The summed E-state index contributed by atoms with van der Waals surface area (Å²) < 4.78 is 5.68. The molecular weight excluding hydrogens is 254 g/mol. The molecule has 0 bridgehead atoms. The van der Waals surface area contributed by atoms with Crippen molar-refractivity contribution in [1.29, 1.82) is 0 Å². The van der Waals surface area contributed by atoms with Gasteiger partial charge in [-0.15, -0.1) is 0 Å². The minimum absolute atomic E-state index is 0.209. The van der Waals surface area contributed by atoms with Gasteiger partial charge in [-0.1, -0.05) is 13.8 Å². The van der Waals surface area contributed by atoms with Gasteiger partial charge in [0.1, 0.15) is 0 Å². The first-order valence-corrected chi connectivity index (χ1v) is 7.84. The number of hydrogen-bond acceptors (Lipinski definition) is 4. The molecule has 116 valence electrons. The summed E-state index contributed by atoms with van der Waals surface area (Å²) in [6.45, 7) is 10.2. The van der Waals surface area contributed by atoms with E-state index in [1.165, 1.54) is 6.42 Å². The van der Waals surface area contributed by atoms with Crippen LogP contribution < -0.4 is 5.32 Å². The minimum atomic E-state index is 0.209. The monoisotopic (exact) mass is 283 g/mol. The van der Waals surface area contributed by atoms with Gasteiger partial charge in [0.05, 0.1) is 19.3 Å². The van der Waals surface area contributed by atoms with Crippen LogP contribution in [-0.2, 0) is 9.53 Å². The molecule has 0 saturated carbocycles. The Morgan fingerprint density at radius 2 is 1.95 bits per heavy atom. The zero-order chi connectivity index (χ0) is 14.5. The predicted octanol–water partition coefficient (Wildman–Crippen LogP) is 0.411. The zero-order valence-corrected chi connectivity index (χ0v) is 13.1. The van der Waals surface area contributed by atoms with Crippen molar-refractivity contribution in [3.8, 4) is 0 Å². The smallest absolute Gasteiger partial charge is 0.236 e. The van der Waals surface area contributed by atoms with E-state index < -0.39 is 0 Å². The molecule has 20 heavy (non-hydrogen) atoms. The zero-order valence-electron chi connectivity index (χ0n) is 13.1. The molecule has 2 heterocycles. The SMILES string of the molecule is CNCC1CN(CC(=O)N2CC(C)CC(C)C2)CCO1. The van der Waals surface area contributed by atoms with E-state index in [2.05, 4.69) is 29.0 Å². The lowest BCUT2D eigenvalue weighted by Crippen LogP contribution is -2.51. The Hall–Kier alpha value is -0.650. The van der Waals surface area contributed by atoms with Crippen molar-refractivity contribution in [2.24, 2.45) is 11.8 Å². The van der Waals surface area contributed by atoms with Gasteiger partial charge in [-0.3, -0.25) is 9.69 Å². The Bertz CT molecular complexity index is 312. The number of amides is 1. The first kappa shape index (κ1) is 15.7. The molecule has 2 fully saturated rings. The lowest BCUT2D eigenvalue weighted by atomic mass is 9.92. The summed E-state index contributed by atoms with van der Waals surface area (Å²) in [6.07, 6.45) is 1.45. The average Bonchev–Trinajstić information content (AvgIpc) is 2.38. The van der Waals surface area contributed by atoms with Crippen LogP contribution in [0.2, 0.25) is 0 Å². The van der Waals surface area contributed by atoms with Gasteiger partial charge in [0, 0.05) is 32.7 Å². The number of morpholine rings is 1. The summed E-state index contributed by atoms with van der Waals surface area (Å²) in [5, 5.41) is 3.14. The molecule has 1 amide bonds. The highest BCUT2D eigenvalue weighted by atomic mass is 16.5. The lowest BCUT2D eigenvalue weighted by molar-refractivity contribution is -0.137. The topological polar surface area (TPSA) is 44.8 Å². The fourth-order valence-corrected chi connectivity index (χ4v) is 3.43. The molecule has 2 aliphatic heterocycles. The second-order valence-corrected chi connectivity index (χ2v) is 6.53. The molecule has 3 unspecified atom stereocenters. The van der Waals surface area contributed by atoms with Crippen LogP contribution in [0.5, 0.6) is 0 Å². The number of carbonyl (C=O) groups is 1. The van der Waals surface area contributed by atoms with Gasteiger partial charge < -0.3 is 15.0 Å². The van der Waals surface area contributed by atoms with Gasteiger partial charge in [0.15, 0.2) is 0 Å². The van der Waals surface area contributed by atoms with E-state index in [1.54, 1.807) is 0 Å². The third-order valence-corrected chi connectivity index (χ3v) is 4.24. The molecule has 0 aromatic carbocycles. The molecule has 0 aliphatic carbocycles. The number of carbonyl (C=O) groups excluding carboxylic acids is 1. The third-order valence-electron chi connectivity index (χ3n) is 4.24. The molecule has 0 radical (unpaired) electrons. The van der Waals surface area contributed by atoms with E-state index in [1.807, 2.05) is 7.05 Å². The van der Waals surface area contributed by atoms with Gasteiger partial charge in [-0.05, 0) is 25.3 Å². The van der Waals surface area contributed by atoms with E-state index in [0.29, 0.717) is 18.4 Å². The summed E-state index contributed by atoms with van der Waals surface area (Å²) in [6, 6.07) is 0. The van der Waals surface area contributed by atoms with Crippen LogP contribution in [0.25, 0.3) is 0 Å². The number of piperidine rings is 1. The summed E-state index contributed by atoms with van der Waals surface area (Å²) in [5.41, 5.74) is 0. The van der Waals surface area contributed by atoms with Gasteiger partial charge in [0.25, 0.3) is 0 Å². The van der Waals surface area contributed by atoms with Crippen molar-refractivity contribution in [2.75, 3.05) is 52.9 Å². The lowest BCUT2D eigenvalue weighted by Gasteiger charge is -2.38. The Balaban J connectivity index is 1.81. The largest absolute Gasteiger partial charge is 0.374 e. The van der Waals surface area contributed by atoms with E-state index in [0.717, 1.165) is 39.3 Å². The molecule has 0 aromatic rings. The van der Waals surface area contributed by atoms with Crippen LogP contribution in [0.1, 0.15) is 20.3 Å². The normalized spacial score (nSPS) is 32.4. The van der Waals surface area contributed by atoms with Crippen molar-refractivity contribution in [1.82, 2.24) is 15.1 Å². The van der Waals surface area contributed by atoms with Gasteiger partial charge in [0.2, 0.25) is 5.91 Å². The summed E-state index contributed by atoms with van der Waals surface area (Å²) in [4.78, 5) is 16.7. The van der Waals surface area contributed by atoms with Crippen molar-refractivity contribution in [2.45, 2.75) is 26.4 Å². The highest BCUT2D eigenvalue weighted by molar-refractivity contribution is 5.78. The first-order chi connectivity index (χ1) is 9.58. The van der Waals surface area contributed by atoms with Gasteiger partial charge >= 0.3 is 0 Å². The Labute approximate surface area is 122 Å². The number of rotatable bonds is 4. The van der Waals surface area contributed by atoms with Crippen LogP contribution in [0.15, 0.2) is 0 Å². The maximum atomic E-state index is 12.4. The van der Waals surface area contributed by atoms with Crippen molar-refractivity contribution < 1.29 is 9.53 Å². The Kier molecular flexibility index (Phi) is 5.81. The molecule has 0 aromatic heterocycles. The summed E-state index contributed by atoms with van der Waals surface area (Å²) in [7, 11) is 1.93. The second-order valence-electron chi connectivity index (χ2n) is 6.53. The minimum Gasteiger partial charge on any atom is -0.374 e. The maximum absolute atomic E-state index is 12.4. The van der Waals surface area contributed by atoms with Crippen molar-refractivity contribution in [3.05, 3.63) is 0 Å². The molecule has 3 atom stereocenters. The number of nitrogens with one attached hydrogen (secondary N) is 1. The summed E-state index contributed by atoms with van der Waals surface area (Å²) in [5.74, 6) is 1.54. The van der Waals surface area contributed by atoms with Gasteiger partial charge in [-0.2, -0.15) is 0 Å². The average molecular weight is 283 g/mol. The molecule has 2 aliphatic rings. The standard InChI is InChI=1S/C15H29N3O2/c1-12-6-13(2)9-18(8-12)15(19)11-17-4-5-20-14(10-17)7-16-3/h12-14,16H,4-11H2,1-3H3. The number of likely N-dealkylation sites (N-methyl/N-ethyl adjacent to an activating group) is 1. The fourth-order valence-electron chi connectivity index (χ4n) is 3.43. The molecule has 5 heteroatoms. The van der Waals surface area contributed by atoms with E-state index in [-0.39, 0.29) is 12.0 Å². The number of hydrogen-bond donors (Lipinski definition) is 1. The second kappa shape index (κ2) is 7.38. The maximum Gasteiger partial charge on any atom is 0.236 e. The molecule has 0 spiro atoms. The van der Waals surface area contributed by atoms with E-state index in [4.69, 9.17) is 4.74 Å². The Morgan fingerprint density at radius 1 is 1.25 bits per heavy atom. The van der Waals surface area contributed by atoms with Gasteiger partial charge in [-0.25, -0.2) is 0 Å². The van der Waals surface area contributed by atoms with Crippen LogP contribution in [0.4, 0.5) is 0 Å². The predicted molar refractivity (Wildman–Crippen MR) is 79.6 cm³/mol. The highest BCUT2D eigenvalue weighted by Gasteiger charge is 2.28. The van der Waals surface area contributed by atoms with Crippen LogP contribution >= 0.6 is 0 Å².